The first-order valence-electron chi connectivity index (χ1n) is 5.64. The molecule has 0 aliphatic carbocycles. The van der Waals surface area contributed by atoms with E-state index in [-0.39, 0.29) is 12.0 Å². The molecule has 0 rings (SSSR count). The van der Waals surface area contributed by atoms with E-state index in [0.717, 1.165) is 6.42 Å². The highest BCUT2D eigenvalue weighted by Gasteiger charge is 2.01. The van der Waals surface area contributed by atoms with Crippen LogP contribution in [-0.2, 0) is 9.53 Å². The maximum Gasteiger partial charge on any atom is 0.233 e. The van der Waals surface area contributed by atoms with Crippen molar-refractivity contribution in [1.82, 2.24) is 10.6 Å². The summed E-state index contributed by atoms with van der Waals surface area (Å²) in [5, 5.41) is 5.89. The summed E-state index contributed by atoms with van der Waals surface area (Å²) in [5.41, 5.74) is 0. The van der Waals surface area contributed by atoms with Crippen LogP contribution in [0.5, 0.6) is 0 Å². The Hall–Kier alpha value is -0.610. The zero-order chi connectivity index (χ0) is 11.7. The second-order valence-electron chi connectivity index (χ2n) is 4.16. The fraction of sp³-hybridized carbons (Fsp3) is 0.909. The van der Waals surface area contributed by atoms with Crippen LogP contribution < -0.4 is 10.6 Å². The summed E-state index contributed by atoms with van der Waals surface area (Å²) in [6.07, 6.45) is 1.13. The average Bonchev–Trinajstić information content (AvgIpc) is 2.13. The van der Waals surface area contributed by atoms with Gasteiger partial charge in [-0.25, -0.2) is 0 Å². The van der Waals surface area contributed by atoms with Gasteiger partial charge in [-0.1, -0.05) is 13.8 Å². The molecule has 90 valence electrons. The van der Waals surface area contributed by atoms with Crippen molar-refractivity contribution >= 4 is 5.91 Å². The van der Waals surface area contributed by atoms with Gasteiger partial charge < -0.3 is 15.4 Å². The molecule has 0 aromatic rings. The number of rotatable bonds is 8. The molecule has 15 heavy (non-hydrogen) atoms. The van der Waals surface area contributed by atoms with Crippen LogP contribution >= 0.6 is 0 Å². The Morgan fingerprint density at radius 3 is 2.47 bits per heavy atom. The van der Waals surface area contributed by atoms with E-state index in [0.29, 0.717) is 25.7 Å². The standard InChI is InChI=1S/C11H24N2O2/c1-9(2)13-8-11(14)12-6-5-7-15-10(3)4/h9-10,13H,5-8H2,1-4H3,(H,12,14). The highest BCUT2D eigenvalue weighted by Crippen LogP contribution is 1.88. The molecule has 0 fully saturated rings. The number of carbonyl (C=O) groups excluding carboxylic acids is 1. The number of nitrogens with one attached hydrogen (secondary N) is 2. The van der Waals surface area contributed by atoms with Crippen molar-refractivity contribution in [3.8, 4) is 0 Å². The van der Waals surface area contributed by atoms with E-state index in [9.17, 15) is 4.79 Å². The lowest BCUT2D eigenvalue weighted by molar-refractivity contribution is -0.120. The molecule has 0 aliphatic rings. The van der Waals surface area contributed by atoms with Gasteiger partial charge in [-0.3, -0.25) is 4.79 Å². The second kappa shape index (κ2) is 8.68. The van der Waals surface area contributed by atoms with Crippen LogP contribution in [0.1, 0.15) is 34.1 Å². The van der Waals surface area contributed by atoms with Gasteiger partial charge >= 0.3 is 0 Å². The van der Waals surface area contributed by atoms with E-state index in [1.165, 1.54) is 0 Å². The minimum atomic E-state index is 0.0493. The smallest absolute Gasteiger partial charge is 0.233 e. The molecule has 0 atom stereocenters. The largest absolute Gasteiger partial charge is 0.379 e. The van der Waals surface area contributed by atoms with Gasteiger partial charge in [-0.2, -0.15) is 0 Å². The molecule has 0 saturated carbocycles. The van der Waals surface area contributed by atoms with Crippen LogP contribution in [0.2, 0.25) is 0 Å². The van der Waals surface area contributed by atoms with Crippen LogP contribution in [0.25, 0.3) is 0 Å². The summed E-state index contributed by atoms with van der Waals surface area (Å²) >= 11 is 0. The molecule has 1 amide bonds. The summed E-state index contributed by atoms with van der Waals surface area (Å²) < 4.78 is 5.35. The minimum Gasteiger partial charge on any atom is -0.379 e. The summed E-state index contributed by atoms with van der Waals surface area (Å²) in [7, 11) is 0. The Kier molecular flexibility index (Phi) is 8.33. The highest BCUT2D eigenvalue weighted by molar-refractivity contribution is 5.77. The van der Waals surface area contributed by atoms with E-state index < -0.39 is 0 Å². The maximum atomic E-state index is 11.2. The fourth-order valence-electron chi connectivity index (χ4n) is 0.978. The Labute approximate surface area is 92.8 Å². The number of hydrogen-bond donors (Lipinski definition) is 2. The van der Waals surface area contributed by atoms with Gasteiger partial charge in [-0.15, -0.1) is 0 Å². The monoisotopic (exact) mass is 216 g/mol. The molecule has 0 spiro atoms. The summed E-state index contributed by atoms with van der Waals surface area (Å²) in [4.78, 5) is 11.2. The molecule has 0 unspecified atom stereocenters. The number of amides is 1. The predicted molar refractivity (Wildman–Crippen MR) is 61.9 cm³/mol. The van der Waals surface area contributed by atoms with Crippen molar-refractivity contribution in [3.63, 3.8) is 0 Å². The molecule has 0 bridgehead atoms. The predicted octanol–water partition coefficient (Wildman–Crippen LogP) is 0.916. The Bertz CT molecular complexity index is 170. The van der Waals surface area contributed by atoms with Crippen LogP contribution in [0.3, 0.4) is 0 Å². The van der Waals surface area contributed by atoms with E-state index >= 15 is 0 Å². The third-order valence-corrected chi connectivity index (χ3v) is 1.77. The maximum absolute atomic E-state index is 11.2. The average molecular weight is 216 g/mol. The Morgan fingerprint density at radius 1 is 1.27 bits per heavy atom. The normalized spacial score (nSPS) is 11.1. The lowest BCUT2D eigenvalue weighted by Crippen LogP contribution is -2.37. The third-order valence-electron chi connectivity index (χ3n) is 1.77. The van der Waals surface area contributed by atoms with Gasteiger partial charge in [0.25, 0.3) is 0 Å². The van der Waals surface area contributed by atoms with Gasteiger partial charge in [0.05, 0.1) is 12.6 Å². The van der Waals surface area contributed by atoms with Crippen molar-refractivity contribution in [2.45, 2.75) is 46.3 Å². The van der Waals surface area contributed by atoms with Crippen molar-refractivity contribution in [1.29, 1.82) is 0 Å². The summed E-state index contributed by atoms with van der Waals surface area (Å²) in [5.74, 6) is 0.0493. The third kappa shape index (κ3) is 11.3. The number of ether oxygens (including phenoxy) is 1. The second-order valence-corrected chi connectivity index (χ2v) is 4.16. The zero-order valence-corrected chi connectivity index (χ0v) is 10.3. The van der Waals surface area contributed by atoms with Crippen LogP contribution in [-0.4, -0.2) is 37.7 Å². The molecule has 4 nitrogen and oxygen atoms in total. The molecular formula is C11H24N2O2. The topological polar surface area (TPSA) is 50.4 Å². The molecule has 0 heterocycles. The van der Waals surface area contributed by atoms with E-state index in [1.807, 2.05) is 27.7 Å². The first kappa shape index (κ1) is 14.4. The van der Waals surface area contributed by atoms with Gasteiger partial charge in [-0.05, 0) is 20.3 Å². The first-order chi connectivity index (χ1) is 7.02. The molecule has 2 N–H and O–H groups in total. The zero-order valence-electron chi connectivity index (χ0n) is 10.3. The number of carbonyl (C=O) groups is 1. The van der Waals surface area contributed by atoms with E-state index in [4.69, 9.17) is 4.74 Å². The molecule has 0 aromatic carbocycles. The molecule has 0 aromatic heterocycles. The van der Waals surface area contributed by atoms with E-state index in [2.05, 4.69) is 10.6 Å². The van der Waals surface area contributed by atoms with Crippen molar-refractivity contribution in [2.24, 2.45) is 0 Å². The lowest BCUT2D eigenvalue weighted by Gasteiger charge is -2.10. The molecular weight excluding hydrogens is 192 g/mol. The van der Waals surface area contributed by atoms with E-state index in [1.54, 1.807) is 0 Å². The van der Waals surface area contributed by atoms with Crippen LogP contribution in [0.4, 0.5) is 0 Å². The van der Waals surface area contributed by atoms with Gasteiger partial charge in [0.15, 0.2) is 0 Å². The highest BCUT2D eigenvalue weighted by atomic mass is 16.5. The summed E-state index contributed by atoms with van der Waals surface area (Å²) in [6, 6.07) is 0.347. The molecule has 0 radical (unpaired) electrons. The Morgan fingerprint density at radius 2 is 1.93 bits per heavy atom. The SMILES string of the molecule is CC(C)NCC(=O)NCCCOC(C)C. The quantitative estimate of drug-likeness (QED) is 0.593. The fourth-order valence-corrected chi connectivity index (χ4v) is 0.978. The van der Waals surface area contributed by atoms with Crippen molar-refractivity contribution in [3.05, 3.63) is 0 Å². The molecule has 0 saturated heterocycles. The first-order valence-corrected chi connectivity index (χ1v) is 5.64. The van der Waals surface area contributed by atoms with Crippen LogP contribution in [0.15, 0.2) is 0 Å². The van der Waals surface area contributed by atoms with Gasteiger partial charge in [0, 0.05) is 19.2 Å². The Balaban J connectivity index is 3.24. The van der Waals surface area contributed by atoms with Crippen molar-refractivity contribution in [2.75, 3.05) is 19.7 Å². The lowest BCUT2D eigenvalue weighted by atomic mass is 10.4. The minimum absolute atomic E-state index is 0.0493. The van der Waals surface area contributed by atoms with Gasteiger partial charge in [0.1, 0.15) is 0 Å². The molecule has 4 heteroatoms. The summed E-state index contributed by atoms with van der Waals surface area (Å²) in [6.45, 7) is 9.83. The van der Waals surface area contributed by atoms with Gasteiger partial charge in [0.2, 0.25) is 5.91 Å². The van der Waals surface area contributed by atoms with Crippen LogP contribution in [0, 0.1) is 0 Å². The molecule has 0 aliphatic heterocycles. The number of hydrogen-bond acceptors (Lipinski definition) is 3. The van der Waals surface area contributed by atoms with Crippen molar-refractivity contribution < 1.29 is 9.53 Å².